The molecule has 0 fully saturated rings. The fraction of sp³-hybridized carbons (Fsp3) is 0.346. The topological polar surface area (TPSA) is 93.9 Å². The Morgan fingerprint density at radius 3 is 2.71 bits per heavy atom. The van der Waals surface area contributed by atoms with Crippen LogP contribution in [0.25, 0.3) is 0 Å². The minimum absolute atomic E-state index is 0.0699. The molecule has 178 valence electrons. The summed E-state index contributed by atoms with van der Waals surface area (Å²) >= 11 is 0. The van der Waals surface area contributed by atoms with Gasteiger partial charge in [-0.25, -0.2) is 0 Å². The molecule has 2 amide bonds. The zero-order valence-electron chi connectivity index (χ0n) is 19.7. The van der Waals surface area contributed by atoms with E-state index in [1.807, 2.05) is 48.4 Å². The molecule has 1 N–H and O–H groups in total. The molecule has 0 saturated carbocycles. The van der Waals surface area contributed by atoms with Gasteiger partial charge in [-0.15, -0.1) is 0 Å². The van der Waals surface area contributed by atoms with Crippen LogP contribution >= 0.6 is 0 Å². The molecule has 34 heavy (non-hydrogen) atoms. The van der Waals surface area contributed by atoms with Crippen molar-refractivity contribution in [2.45, 2.75) is 39.1 Å². The van der Waals surface area contributed by atoms with Gasteiger partial charge in [0.1, 0.15) is 12.4 Å². The third-order valence-corrected chi connectivity index (χ3v) is 6.07. The van der Waals surface area contributed by atoms with Crippen molar-refractivity contribution in [3.63, 3.8) is 0 Å². The van der Waals surface area contributed by atoms with Crippen LogP contribution in [-0.2, 0) is 40.4 Å². The lowest BCUT2D eigenvalue weighted by molar-refractivity contribution is -0.143. The van der Waals surface area contributed by atoms with E-state index in [0.29, 0.717) is 38.4 Å². The van der Waals surface area contributed by atoms with Gasteiger partial charge in [0.15, 0.2) is 11.9 Å². The number of aryl methyl sites for hydroxylation is 1. The summed E-state index contributed by atoms with van der Waals surface area (Å²) in [6, 6.07) is 12.9. The van der Waals surface area contributed by atoms with Gasteiger partial charge in [0.05, 0.1) is 0 Å². The molecule has 8 nitrogen and oxygen atoms in total. The number of carbonyl (C=O) groups is 2. The van der Waals surface area contributed by atoms with Gasteiger partial charge in [-0.1, -0.05) is 30.3 Å². The van der Waals surface area contributed by atoms with Gasteiger partial charge in [0.2, 0.25) is 0 Å². The van der Waals surface area contributed by atoms with Crippen molar-refractivity contribution in [3.8, 4) is 0 Å². The molecule has 1 aliphatic heterocycles. The van der Waals surface area contributed by atoms with E-state index >= 15 is 0 Å². The number of benzene rings is 1. The van der Waals surface area contributed by atoms with E-state index in [2.05, 4.69) is 10.3 Å². The molecule has 0 saturated heterocycles. The van der Waals surface area contributed by atoms with Crippen LogP contribution in [0.4, 0.5) is 0 Å². The summed E-state index contributed by atoms with van der Waals surface area (Å²) in [5.74, 6) is 0.472. The first-order valence-electron chi connectivity index (χ1n) is 11.2. The Balaban J connectivity index is 1.46. The van der Waals surface area contributed by atoms with Crippen LogP contribution in [0.5, 0.6) is 0 Å². The number of methoxy groups -OCH3 is 2. The Labute approximate surface area is 198 Å². The third kappa shape index (κ3) is 5.03. The van der Waals surface area contributed by atoms with E-state index in [-0.39, 0.29) is 17.6 Å². The molecule has 8 heteroatoms. The Morgan fingerprint density at radius 1 is 1.18 bits per heavy atom. The number of carbonyl (C=O) groups excluding carboxylic acids is 2. The van der Waals surface area contributed by atoms with Crippen LogP contribution in [-0.4, -0.2) is 42.5 Å². The Morgan fingerprint density at radius 2 is 1.97 bits per heavy atom. The van der Waals surface area contributed by atoms with Gasteiger partial charge in [0.25, 0.3) is 11.8 Å². The quantitative estimate of drug-likeness (QED) is 0.551. The number of pyridine rings is 1. The first-order valence-corrected chi connectivity index (χ1v) is 11.2. The monoisotopic (exact) mass is 463 g/mol. The second kappa shape index (κ2) is 10.6. The number of fused-ring (bicyclic) bond motifs is 1. The lowest BCUT2D eigenvalue weighted by Gasteiger charge is -2.32. The molecule has 3 aromatic rings. The number of nitrogens with one attached hydrogen (secondary N) is 1. The van der Waals surface area contributed by atoms with Crippen LogP contribution in [0.2, 0.25) is 0 Å². The van der Waals surface area contributed by atoms with Crippen LogP contribution in [0, 0.1) is 6.92 Å². The van der Waals surface area contributed by atoms with Crippen LogP contribution in [0.3, 0.4) is 0 Å². The highest BCUT2D eigenvalue weighted by atomic mass is 16.5. The first kappa shape index (κ1) is 23.7. The summed E-state index contributed by atoms with van der Waals surface area (Å²) in [5.41, 5.74) is 4.78. The molecule has 1 aliphatic rings. The van der Waals surface area contributed by atoms with Crippen molar-refractivity contribution in [2.24, 2.45) is 0 Å². The number of rotatable bonds is 8. The van der Waals surface area contributed by atoms with Crippen molar-refractivity contribution >= 4 is 11.8 Å². The first-order chi connectivity index (χ1) is 16.5. The predicted molar refractivity (Wildman–Crippen MR) is 125 cm³/mol. The van der Waals surface area contributed by atoms with E-state index in [1.54, 1.807) is 26.4 Å². The number of aromatic nitrogens is 1. The SMILES string of the molecule is COCc1ccc(C(=O)NCc2c(C)ncc3c2CCN(C(=O)C(OC)c2ccccc2)C3)o1. The zero-order valence-corrected chi connectivity index (χ0v) is 19.7. The second-order valence-corrected chi connectivity index (χ2v) is 8.24. The normalized spacial score (nSPS) is 13.9. The molecule has 0 radical (unpaired) electrons. The number of nitrogens with zero attached hydrogens (tertiary/aromatic N) is 2. The van der Waals surface area contributed by atoms with Gasteiger partial charge >= 0.3 is 0 Å². The lowest BCUT2D eigenvalue weighted by atomic mass is 9.94. The fourth-order valence-electron chi connectivity index (χ4n) is 4.29. The van der Waals surface area contributed by atoms with Crippen LogP contribution < -0.4 is 5.32 Å². The third-order valence-electron chi connectivity index (χ3n) is 6.07. The predicted octanol–water partition coefficient (Wildman–Crippen LogP) is 3.33. The zero-order chi connectivity index (χ0) is 24.1. The van der Waals surface area contributed by atoms with Crippen molar-refractivity contribution in [1.82, 2.24) is 15.2 Å². The van der Waals surface area contributed by atoms with E-state index in [4.69, 9.17) is 13.9 Å². The molecule has 0 spiro atoms. The summed E-state index contributed by atoms with van der Waals surface area (Å²) < 4.78 is 16.1. The van der Waals surface area contributed by atoms with Gasteiger partial charge in [0, 0.05) is 45.7 Å². The second-order valence-electron chi connectivity index (χ2n) is 8.24. The average molecular weight is 464 g/mol. The maximum Gasteiger partial charge on any atom is 0.287 e. The van der Waals surface area contributed by atoms with E-state index in [9.17, 15) is 9.59 Å². The van der Waals surface area contributed by atoms with Crippen LogP contribution in [0.15, 0.2) is 53.1 Å². The van der Waals surface area contributed by atoms with Crippen molar-refractivity contribution < 1.29 is 23.5 Å². The van der Waals surface area contributed by atoms with E-state index in [1.165, 1.54) is 0 Å². The van der Waals surface area contributed by atoms with E-state index in [0.717, 1.165) is 27.9 Å². The number of furan rings is 1. The summed E-state index contributed by atoms with van der Waals surface area (Å²) in [4.78, 5) is 32.1. The largest absolute Gasteiger partial charge is 0.453 e. The molecule has 1 unspecified atom stereocenters. The Hall–Kier alpha value is -3.49. The summed E-state index contributed by atoms with van der Waals surface area (Å²) in [6.45, 7) is 3.60. The minimum Gasteiger partial charge on any atom is -0.453 e. The maximum absolute atomic E-state index is 13.2. The van der Waals surface area contributed by atoms with Crippen molar-refractivity contribution in [3.05, 3.63) is 88.1 Å². The van der Waals surface area contributed by atoms with Crippen molar-refractivity contribution in [1.29, 1.82) is 0 Å². The summed E-state index contributed by atoms with van der Waals surface area (Å²) in [6.07, 6.45) is 1.86. The Kier molecular flexibility index (Phi) is 7.40. The highest BCUT2D eigenvalue weighted by molar-refractivity contribution is 5.91. The molecule has 1 aromatic carbocycles. The fourth-order valence-corrected chi connectivity index (χ4v) is 4.29. The standard InChI is InChI=1S/C26H29N3O5/c1-17-22(14-28-25(30)23-10-9-20(34-23)16-32-2)21-11-12-29(15-19(21)13-27-17)26(31)24(33-3)18-7-5-4-6-8-18/h4-10,13,24H,11-12,14-16H2,1-3H3,(H,28,30). The number of hydrogen-bond acceptors (Lipinski definition) is 6. The molecular formula is C26H29N3O5. The number of hydrogen-bond donors (Lipinski definition) is 1. The number of ether oxygens (including phenoxy) is 2. The smallest absolute Gasteiger partial charge is 0.287 e. The summed E-state index contributed by atoms with van der Waals surface area (Å²) in [5, 5.41) is 2.93. The van der Waals surface area contributed by atoms with Gasteiger partial charge in [-0.2, -0.15) is 0 Å². The van der Waals surface area contributed by atoms with E-state index < -0.39 is 6.10 Å². The van der Waals surface area contributed by atoms with Gasteiger partial charge < -0.3 is 24.1 Å². The van der Waals surface area contributed by atoms with Gasteiger partial charge in [-0.05, 0) is 47.7 Å². The van der Waals surface area contributed by atoms with Gasteiger partial charge in [-0.3, -0.25) is 14.6 Å². The molecule has 3 heterocycles. The minimum atomic E-state index is -0.642. The van der Waals surface area contributed by atoms with Crippen molar-refractivity contribution in [2.75, 3.05) is 20.8 Å². The molecule has 4 rings (SSSR count). The number of amides is 2. The molecule has 0 bridgehead atoms. The lowest BCUT2D eigenvalue weighted by Crippen LogP contribution is -2.40. The molecule has 2 aromatic heterocycles. The highest BCUT2D eigenvalue weighted by Crippen LogP contribution is 2.27. The molecule has 0 aliphatic carbocycles. The molecule has 1 atom stereocenters. The molecular weight excluding hydrogens is 434 g/mol. The average Bonchev–Trinajstić information content (AvgIpc) is 3.33. The van der Waals surface area contributed by atoms with Crippen LogP contribution in [0.1, 0.15) is 50.4 Å². The Bertz CT molecular complexity index is 1160. The summed E-state index contributed by atoms with van der Waals surface area (Å²) in [7, 11) is 3.12. The maximum atomic E-state index is 13.2. The highest BCUT2D eigenvalue weighted by Gasteiger charge is 2.30.